The Kier molecular flexibility index (Phi) is 2.78. The van der Waals surface area contributed by atoms with Crippen molar-refractivity contribution in [2.75, 3.05) is 0 Å². The average Bonchev–Trinajstić information content (AvgIpc) is 2.83. The van der Waals surface area contributed by atoms with Gasteiger partial charge in [-0.15, -0.1) is 0 Å². The Balaban J connectivity index is 2.60. The smallest absolute Gasteiger partial charge is 0.175 e. The standard InChI is InChI=1S/C11H16N4O/c1-4-15-8(3)10(7(2)14-15)11-9(5-12)6-13-16-11/h6H,4-5,12H2,1-3H3. The Hall–Kier alpha value is -1.62. The molecular weight excluding hydrogens is 204 g/mol. The summed E-state index contributed by atoms with van der Waals surface area (Å²) in [4.78, 5) is 0. The third-order valence-electron chi connectivity index (χ3n) is 2.77. The van der Waals surface area contributed by atoms with Crippen LogP contribution in [0.1, 0.15) is 23.9 Å². The van der Waals surface area contributed by atoms with Gasteiger partial charge in [0, 0.05) is 24.3 Å². The van der Waals surface area contributed by atoms with Crippen LogP contribution in [-0.4, -0.2) is 14.9 Å². The summed E-state index contributed by atoms with van der Waals surface area (Å²) >= 11 is 0. The molecule has 0 saturated heterocycles. The first-order valence-electron chi connectivity index (χ1n) is 5.37. The summed E-state index contributed by atoms with van der Waals surface area (Å²) in [6.07, 6.45) is 1.66. The molecule has 0 fully saturated rings. The molecule has 2 heterocycles. The summed E-state index contributed by atoms with van der Waals surface area (Å²) in [5.74, 6) is 0.747. The lowest BCUT2D eigenvalue weighted by molar-refractivity contribution is 0.431. The van der Waals surface area contributed by atoms with Crippen molar-refractivity contribution in [1.82, 2.24) is 14.9 Å². The summed E-state index contributed by atoms with van der Waals surface area (Å²) in [7, 11) is 0. The molecule has 16 heavy (non-hydrogen) atoms. The fraction of sp³-hybridized carbons (Fsp3) is 0.455. The van der Waals surface area contributed by atoms with Crippen molar-refractivity contribution in [3.8, 4) is 11.3 Å². The SMILES string of the molecule is CCn1nc(C)c(-c2oncc2CN)c1C. The minimum Gasteiger partial charge on any atom is -0.356 e. The zero-order chi connectivity index (χ0) is 11.7. The molecule has 2 N–H and O–H groups in total. The van der Waals surface area contributed by atoms with E-state index >= 15 is 0 Å². The molecule has 0 saturated carbocycles. The lowest BCUT2D eigenvalue weighted by atomic mass is 10.1. The van der Waals surface area contributed by atoms with E-state index < -0.39 is 0 Å². The van der Waals surface area contributed by atoms with Gasteiger partial charge in [0.2, 0.25) is 0 Å². The van der Waals surface area contributed by atoms with E-state index in [1.165, 1.54) is 0 Å². The molecule has 2 aromatic heterocycles. The van der Waals surface area contributed by atoms with E-state index in [-0.39, 0.29) is 0 Å². The van der Waals surface area contributed by atoms with Crippen LogP contribution in [0.3, 0.4) is 0 Å². The predicted octanol–water partition coefficient (Wildman–Crippen LogP) is 1.63. The van der Waals surface area contributed by atoms with Gasteiger partial charge in [0.1, 0.15) is 0 Å². The summed E-state index contributed by atoms with van der Waals surface area (Å²) in [6.45, 7) is 7.33. The van der Waals surface area contributed by atoms with Crippen LogP contribution in [0.25, 0.3) is 11.3 Å². The van der Waals surface area contributed by atoms with E-state index in [2.05, 4.69) is 17.2 Å². The third-order valence-corrected chi connectivity index (χ3v) is 2.77. The molecule has 0 aliphatic heterocycles. The first-order valence-corrected chi connectivity index (χ1v) is 5.37. The molecule has 0 atom stereocenters. The lowest BCUT2D eigenvalue weighted by Crippen LogP contribution is -1.99. The molecule has 2 aromatic rings. The summed E-state index contributed by atoms with van der Waals surface area (Å²) in [5.41, 5.74) is 9.62. The number of hydrogen-bond acceptors (Lipinski definition) is 4. The molecule has 5 nitrogen and oxygen atoms in total. The van der Waals surface area contributed by atoms with Crippen LogP contribution >= 0.6 is 0 Å². The summed E-state index contributed by atoms with van der Waals surface area (Å²) in [5, 5.41) is 8.24. The van der Waals surface area contributed by atoms with E-state index in [9.17, 15) is 0 Å². The molecule has 0 amide bonds. The normalized spacial score (nSPS) is 11.0. The number of aromatic nitrogens is 3. The minimum atomic E-state index is 0.426. The topological polar surface area (TPSA) is 69.9 Å². The van der Waals surface area contributed by atoms with Crippen LogP contribution < -0.4 is 5.73 Å². The Morgan fingerprint density at radius 3 is 2.75 bits per heavy atom. The molecule has 0 aromatic carbocycles. The molecule has 5 heteroatoms. The minimum absolute atomic E-state index is 0.426. The fourth-order valence-electron chi connectivity index (χ4n) is 1.94. The fourth-order valence-corrected chi connectivity index (χ4v) is 1.94. The van der Waals surface area contributed by atoms with Crippen molar-refractivity contribution in [3.63, 3.8) is 0 Å². The first-order chi connectivity index (χ1) is 7.69. The van der Waals surface area contributed by atoms with Crippen LogP contribution in [-0.2, 0) is 13.1 Å². The summed E-state index contributed by atoms with van der Waals surface area (Å²) < 4.78 is 7.23. The third kappa shape index (κ3) is 1.53. The van der Waals surface area contributed by atoms with Gasteiger partial charge in [-0.05, 0) is 20.8 Å². The number of rotatable bonds is 3. The van der Waals surface area contributed by atoms with Gasteiger partial charge in [0.25, 0.3) is 0 Å². The van der Waals surface area contributed by atoms with Gasteiger partial charge in [0.05, 0.1) is 17.5 Å². The Labute approximate surface area is 94.2 Å². The molecule has 0 radical (unpaired) electrons. The number of aryl methyl sites for hydroxylation is 2. The maximum Gasteiger partial charge on any atom is 0.175 e. The van der Waals surface area contributed by atoms with E-state index in [0.717, 1.165) is 34.8 Å². The Morgan fingerprint density at radius 1 is 1.44 bits per heavy atom. The molecule has 0 aliphatic carbocycles. The highest BCUT2D eigenvalue weighted by Crippen LogP contribution is 2.29. The molecule has 0 spiro atoms. The van der Waals surface area contributed by atoms with Crippen molar-refractivity contribution in [2.24, 2.45) is 5.73 Å². The molecule has 0 bridgehead atoms. The maximum absolute atomic E-state index is 5.64. The van der Waals surface area contributed by atoms with Gasteiger partial charge in [-0.1, -0.05) is 5.16 Å². The van der Waals surface area contributed by atoms with E-state index in [1.54, 1.807) is 6.20 Å². The monoisotopic (exact) mass is 220 g/mol. The van der Waals surface area contributed by atoms with Crippen molar-refractivity contribution < 1.29 is 4.52 Å². The zero-order valence-corrected chi connectivity index (χ0v) is 9.82. The average molecular weight is 220 g/mol. The number of hydrogen-bond donors (Lipinski definition) is 1. The Bertz CT molecular complexity index is 498. The predicted molar refractivity (Wildman–Crippen MR) is 60.8 cm³/mol. The summed E-state index contributed by atoms with van der Waals surface area (Å²) in [6, 6.07) is 0. The Morgan fingerprint density at radius 2 is 2.19 bits per heavy atom. The molecule has 0 aliphatic rings. The highest BCUT2D eigenvalue weighted by molar-refractivity contribution is 5.66. The van der Waals surface area contributed by atoms with Crippen LogP contribution in [0.4, 0.5) is 0 Å². The molecule has 0 unspecified atom stereocenters. The largest absolute Gasteiger partial charge is 0.356 e. The maximum atomic E-state index is 5.64. The van der Waals surface area contributed by atoms with Crippen molar-refractivity contribution in [3.05, 3.63) is 23.1 Å². The van der Waals surface area contributed by atoms with Crippen LogP contribution in [0.2, 0.25) is 0 Å². The number of nitrogens with two attached hydrogens (primary N) is 1. The molecule has 2 rings (SSSR count). The van der Waals surface area contributed by atoms with Crippen molar-refractivity contribution >= 4 is 0 Å². The second-order valence-corrected chi connectivity index (χ2v) is 3.75. The van der Waals surface area contributed by atoms with Crippen molar-refractivity contribution in [1.29, 1.82) is 0 Å². The number of nitrogens with zero attached hydrogens (tertiary/aromatic N) is 3. The van der Waals surface area contributed by atoms with Gasteiger partial charge in [-0.2, -0.15) is 5.10 Å². The second kappa shape index (κ2) is 4.09. The molecule has 86 valence electrons. The highest BCUT2D eigenvalue weighted by atomic mass is 16.5. The highest BCUT2D eigenvalue weighted by Gasteiger charge is 2.18. The molecular formula is C11H16N4O. The van der Waals surface area contributed by atoms with Gasteiger partial charge in [-0.3, -0.25) is 4.68 Å². The van der Waals surface area contributed by atoms with Gasteiger partial charge in [-0.25, -0.2) is 0 Å². The van der Waals surface area contributed by atoms with E-state index in [1.807, 2.05) is 18.5 Å². The van der Waals surface area contributed by atoms with Gasteiger partial charge >= 0.3 is 0 Å². The van der Waals surface area contributed by atoms with E-state index in [4.69, 9.17) is 10.3 Å². The van der Waals surface area contributed by atoms with Gasteiger partial charge in [0.15, 0.2) is 5.76 Å². The van der Waals surface area contributed by atoms with Gasteiger partial charge < -0.3 is 10.3 Å². The van der Waals surface area contributed by atoms with Crippen LogP contribution in [0.5, 0.6) is 0 Å². The van der Waals surface area contributed by atoms with Crippen LogP contribution in [0, 0.1) is 13.8 Å². The zero-order valence-electron chi connectivity index (χ0n) is 9.82. The van der Waals surface area contributed by atoms with Crippen LogP contribution in [0.15, 0.2) is 10.7 Å². The lowest BCUT2D eigenvalue weighted by Gasteiger charge is -2.01. The second-order valence-electron chi connectivity index (χ2n) is 3.75. The quantitative estimate of drug-likeness (QED) is 0.853. The van der Waals surface area contributed by atoms with Crippen molar-refractivity contribution in [2.45, 2.75) is 33.9 Å². The first kappa shape index (κ1) is 10.9. The van der Waals surface area contributed by atoms with E-state index in [0.29, 0.717) is 6.54 Å².